The second-order valence-electron chi connectivity index (χ2n) is 10.1. The largest absolute Gasteiger partial charge is 0.299 e. The SMILES string of the molecule is CCCCC(C=Nc1ccc(CC(=O)CC)c(CC(=O)CC)c1)=Nc1ccc(CC(=O)CC)c(CC(=O)CC)c1.[Ni]. The average Bonchev–Trinajstić information content (AvgIpc) is 2.96. The normalized spacial score (nSPS) is 11.4. The van der Waals surface area contributed by atoms with E-state index in [-0.39, 0.29) is 52.5 Å². The molecule has 41 heavy (non-hydrogen) atoms. The number of ketones is 4. The smallest absolute Gasteiger partial charge is 0.137 e. The topological polar surface area (TPSA) is 93.0 Å². The van der Waals surface area contributed by atoms with Crippen LogP contribution in [0.1, 0.15) is 102 Å². The molecule has 0 atom stereocenters. The third kappa shape index (κ3) is 12.6. The first-order valence-electron chi connectivity index (χ1n) is 14.6. The van der Waals surface area contributed by atoms with Crippen molar-refractivity contribution in [2.45, 2.75) is 105 Å². The van der Waals surface area contributed by atoms with E-state index in [2.05, 4.69) is 6.92 Å². The van der Waals surface area contributed by atoms with Gasteiger partial charge in [0.2, 0.25) is 0 Å². The van der Waals surface area contributed by atoms with Crippen LogP contribution in [0, 0.1) is 0 Å². The minimum absolute atomic E-state index is 0. The molecule has 0 unspecified atom stereocenters. The Kier molecular flexibility index (Phi) is 16.8. The van der Waals surface area contributed by atoms with E-state index in [1.807, 2.05) is 64.1 Å². The van der Waals surface area contributed by atoms with Crippen LogP contribution in [0.5, 0.6) is 0 Å². The molecule has 0 N–H and O–H groups in total. The van der Waals surface area contributed by atoms with Crippen molar-refractivity contribution in [2.75, 3.05) is 0 Å². The molecule has 2 aromatic rings. The molecule has 2 rings (SSSR count). The minimum atomic E-state index is 0. The van der Waals surface area contributed by atoms with Crippen molar-refractivity contribution in [3.8, 4) is 0 Å². The van der Waals surface area contributed by atoms with E-state index in [4.69, 9.17) is 9.98 Å². The van der Waals surface area contributed by atoms with Crippen molar-refractivity contribution in [1.82, 2.24) is 0 Å². The van der Waals surface area contributed by atoms with E-state index in [0.717, 1.165) is 52.9 Å². The summed E-state index contributed by atoms with van der Waals surface area (Å²) in [6, 6.07) is 11.4. The molecule has 0 saturated carbocycles. The Morgan fingerprint density at radius 1 is 0.610 bits per heavy atom. The van der Waals surface area contributed by atoms with E-state index in [1.54, 1.807) is 6.21 Å². The van der Waals surface area contributed by atoms with E-state index in [1.165, 1.54) is 0 Å². The van der Waals surface area contributed by atoms with Gasteiger partial charge in [-0.1, -0.05) is 53.2 Å². The van der Waals surface area contributed by atoms with E-state index >= 15 is 0 Å². The number of hydrogen-bond donors (Lipinski definition) is 0. The van der Waals surface area contributed by atoms with E-state index in [9.17, 15) is 19.2 Å². The molecule has 0 radical (unpaired) electrons. The van der Waals surface area contributed by atoms with Crippen LogP contribution in [0.2, 0.25) is 0 Å². The quantitative estimate of drug-likeness (QED) is 0.131. The van der Waals surface area contributed by atoms with Crippen LogP contribution in [0.25, 0.3) is 0 Å². The summed E-state index contributed by atoms with van der Waals surface area (Å²) in [6.45, 7) is 9.50. The predicted octanol–water partition coefficient (Wildman–Crippen LogP) is 7.44. The van der Waals surface area contributed by atoms with Gasteiger partial charge in [0, 0.05) is 74.1 Å². The predicted molar refractivity (Wildman–Crippen MR) is 164 cm³/mol. The summed E-state index contributed by atoms with van der Waals surface area (Å²) in [5.74, 6) is 0.529. The summed E-state index contributed by atoms with van der Waals surface area (Å²) in [4.78, 5) is 58.2. The molecule has 0 heterocycles. The maximum Gasteiger partial charge on any atom is 0.137 e. The zero-order chi connectivity index (χ0) is 29.5. The Morgan fingerprint density at radius 3 is 1.46 bits per heavy atom. The van der Waals surface area contributed by atoms with Crippen LogP contribution in [0.3, 0.4) is 0 Å². The molecule has 2 aromatic carbocycles. The van der Waals surface area contributed by atoms with Crippen LogP contribution in [-0.2, 0) is 61.4 Å². The van der Waals surface area contributed by atoms with Crippen molar-refractivity contribution < 1.29 is 35.7 Å². The van der Waals surface area contributed by atoms with Gasteiger partial charge in [-0.3, -0.25) is 29.2 Å². The van der Waals surface area contributed by atoms with Crippen molar-refractivity contribution in [2.24, 2.45) is 9.98 Å². The zero-order valence-corrected chi connectivity index (χ0v) is 26.2. The van der Waals surface area contributed by atoms with Gasteiger partial charge in [0.25, 0.3) is 0 Å². The number of nitrogens with zero attached hydrogens (tertiary/aromatic N) is 2. The number of unbranched alkanes of at least 4 members (excludes halogenated alkanes) is 1. The van der Waals surface area contributed by atoms with Crippen molar-refractivity contribution in [1.29, 1.82) is 0 Å². The van der Waals surface area contributed by atoms with Crippen molar-refractivity contribution >= 4 is 46.4 Å². The average molecular weight is 603 g/mol. The standard InChI is InChI=1S/C34H44N2O4.Ni/c1-6-11-12-30(36-29-16-14-25(20-32(38)8-3)27(18-29)22-34(40)10-5)23-35-28-15-13-24(19-31(37)7-2)26(17-28)21-33(39)9-4;/h13-18,23H,6-12,19-22H2,1-5H3;. The molecular formula is C34H44N2NiO4. The monoisotopic (exact) mass is 602 g/mol. The molecule has 224 valence electrons. The van der Waals surface area contributed by atoms with E-state index < -0.39 is 0 Å². The Balaban J connectivity index is 0.00000840. The van der Waals surface area contributed by atoms with Crippen LogP contribution in [0.4, 0.5) is 11.4 Å². The number of carbonyl (C=O) groups is 4. The molecule has 0 bridgehead atoms. The first-order chi connectivity index (χ1) is 19.2. The Labute approximate surface area is 255 Å². The Bertz CT molecular complexity index is 1260. The molecule has 0 aromatic heterocycles. The molecule has 0 saturated heterocycles. The van der Waals surface area contributed by atoms with Crippen molar-refractivity contribution in [3.05, 3.63) is 58.7 Å². The number of carbonyl (C=O) groups excluding carboxylic acids is 4. The molecule has 0 spiro atoms. The molecule has 6 nitrogen and oxygen atoms in total. The van der Waals surface area contributed by atoms with Gasteiger partial charge in [0.05, 0.1) is 17.1 Å². The maximum atomic E-state index is 12.3. The zero-order valence-electron chi connectivity index (χ0n) is 25.2. The van der Waals surface area contributed by atoms with Crippen LogP contribution < -0.4 is 0 Å². The number of hydrogen-bond acceptors (Lipinski definition) is 6. The molecule has 0 fully saturated rings. The summed E-state index contributed by atoms with van der Waals surface area (Å²) < 4.78 is 0. The summed E-state index contributed by atoms with van der Waals surface area (Å²) in [7, 11) is 0. The van der Waals surface area contributed by atoms with Gasteiger partial charge in [-0.25, -0.2) is 0 Å². The Morgan fingerprint density at radius 2 is 1.02 bits per heavy atom. The van der Waals surface area contributed by atoms with Gasteiger partial charge in [0.1, 0.15) is 23.1 Å². The van der Waals surface area contributed by atoms with Gasteiger partial charge >= 0.3 is 0 Å². The molecule has 7 heteroatoms. The summed E-state index contributed by atoms with van der Waals surface area (Å²) in [5.41, 5.74) is 5.70. The summed E-state index contributed by atoms with van der Waals surface area (Å²) in [5, 5.41) is 0. The van der Waals surface area contributed by atoms with Crippen molar-refractivity contribution in [3.63, 3.8) is 0 Å². The first-order valence-corrected chi connectivity index (χ1v) is 14.6. The number of benzene rings is 2. The minimum Gasteiger partial charge on any atom is -0.299 e. The number of rotatable bonds is 18. The van der Waals surface area contributed by atoms with Crippen LogP contribution in [-0.4, -0.2) is 35.1 Å². The van der Waals surface area contributed by atoms with E-state index in [0.29, 0.717) is 44.2 Å². The molecule has 0 amide bonds. The molecule has 0 aliphatic heterocycles. The summed E-state index contributed by atoms with van der Waals surface area (Å²) >= 11 is 0. The van der Waals surface area contributed by atoms with Gasteiger partial charge in [-0.15, -0.1) is 0 Å². The maximum absolute atomic E-state index is 12.3. The van der Waals surface area contributed by atoms with Crippen LogP contribution in [0.15, 0.2) is 46.4 Å². The number of Topliss-reactive ketones (excluding diaryl/α,β-unsaturated/α-hetero) is 4. The third-order valence-corrected chi connectivity index (χ3v) is 6.93. The van der Waals surface area contributed by atoms with Gasteiger partial charge in [0.15, 0.2) is 0 Å². The fourth-order valence-electron chi connectivity index (χ4n) is 4.22. The molecule has 0 aliphatic rings. The second-order valence-corrected chi connectivity index (χ2v) is 10.1. The summed E-state index contributed by atoms with van der Waals surface area (Å²) in [6.07, 6.45) is 7.48. The molecule has 0 aliphatic carbocycles. The second kappa shape index (κ2) is 19.1. The van der Waals surface area contributed by atoms with Crippen LogP contribution >= 0.6 is 0 Å². The fraction of sp³-hybridized carbons (Fsp3) is 0.471. The number of aliphatic imine (C=N–C) groups is 2. The van der Waals surface area contributed by atoms with Gasteiger partial charge < -0.3 is 0 Å². The third-order valence-electron chi connectivity index (χ3n) is 6.93. The Hall–Kier alpha value is -3.05. The first kappa shape index (κ1) is 36.0. The van der Waals surface area contributed by atoms with Gasteiger partial charge in [-0.2, -0.15) is 0 Å². The molecular weight excluding hydrogens is 559 g/mol. The fourth-order valence-corrected chi connectivity index (χ4v) is 4.22. The van der Waals surface area contributed by atoms with Gasteiger partial charge in [-0.05, 0) is 59.4 Å².